The van der Waals surface area contributed by atoms with Crippen LogP contribution in [0.5, 0.6) is 0 Å². The molecule has 27 heavy (non-hydrogen) atoms. The van der Waals surface area contributed by atoms with Crippen molar-refractivity contribution >= 4 is 11.8 Å². The molecule has 3 heterocycles. The second kappa shape index (κ2) is 7.92. The maximum atomic E-state index is 13.0. The molecule has 148 valence electrons. The minimum Gasteiger partial charge on any atom is -0.381 e. The fraction of sp³-hybridized carbons (Fsp3) is 0.700. The number of nitrogens with zero attached hydrogens (tertiary/aromatic N) is 4. The Labute approximate surface area is 161 Å². The number of ether oxygens (including phenoxy) is 1. The van der Waals surface area contributed by atoms with Crippen LogP contribution in [0.1, 0.15) is 61.5 Å². The lowest BCUT2D eigenvalue weighted by Gasteiger charge is -2.39. The molecule has 0 saturated carbocycles. The predicted molar refractivity (Wildman–Crippen MR) is 102 cm³/mol. The largest absolute Gasteiger partial charge is 0.381 e. The van der Waals surface area contributed by atoms with Crippen LogP contribution in [0.15, 0.2) is 6.07 Å². The first-order chi connectivity index (χ1) is 12.8. The van der Waals surface area contributed by atoms with E-state index >= 15 is 0 Å². The van der Waals surface area contributed by atoms with Gasteiger partial charge in [0.25, 0.3) is 5.91 Å². The maximum Gasteiger partial charge on any atom is 0.272 e. The molecule has 1 aromatic heterocycles. The molecule has 7 heteroatoms. The number of amides is 2. The Kier molecular flexibility index (Phi) is 5.79. The standard InChI is InChI=1S/C20H30N4O3/c1-14-21-17(19(26)23(4)16-5-11-27-12-6-16)13-18(22-14)20(3)7-9-24(10-8-20)15(2)25/h13,16H,5-12H2,1-4H3. The van der Waals surface area contributed by atoms with Gasteiger partial charge in [-0.25, -0.2) is 9.97 Å². The van der Waals surface area contributed by atoms with Crippen LogP contribution in [0.25, 0.3) is 0 Å². The number of hydrogen-bond acceptors (Lipinski definition) is 5. The normalized spacial score (nSPS) is 20.4. The molecule has 0 aliphatic carbocycles. The SMILES string of the molecule is CC(=O)N1CCC(C)(c2cc(C(=O)N(C)C3CCOCC3)nc(C)n2)CC1. The van der Waals surface area contributed by atoms with E-state index in [1.54, 1.807) is 11.8 Å². The van der Waals surface area contributed by atoms with E-state index < -0.39 is 0 Å². The first-order valence-electron chi connectivity index (χ1n) is 9.77. The van der Waals surface area contributed by atoms with Crippen molar-refractivity contribution in [1.82, 2.24) is 19.8 Å². The Balaban J connectivity index is 1.79. The zero-order valence-corrected chi connectivity index (χ0v) is 16.8. The van der Waals surface area contributed by atoms with Gasteiger partial charge in [0, 0.05) is 51.7 Å². The van der Waals surface area contributed by atoms with Crippen LogP contribution in [0, 0.1) is 6.92 Å². The van der Waals surface area contributed by atoms with Crippen LogP contribution in [-0.2, 0) is 14.9 Å². The van der Waals surface area contributed by atoms with Gasteiger partial charge in [0.2, 0.25) is 5.91 Å². The van der Waals surface area contributed by atoms with E-state index in [0.717, 1.165) is 44.5 Å². The Bertz CT molecular complexity index is 707. The zero-order chi connectivity index (χ0) is 19.6. The molecule has 3 rings (SSSR count). The lowest BCUT2D eigenvalue weighted by atomic mass is 9.77. The van der Waals surface area contributed by atoms with Crippen LogP contribution in [-0.4, -0.2) is 71.0 Å². The molecule has 2 fully saturated rings. The summed E-state index contributed by atoms with van der Waals surface area (Å²) in [6.45, 7) is 8.45. The molecule has 2 aliphatic heterocycles. The van der Waals surface area contributed by atoms with Crippen molar-refractivity contribution in [1.29, 1.82) is 0 Å². The molecule has 2 saturated heterocycles. The van der Waals surface area contributed by atoms with Gasteiger partial charge in [0.05, 0.1) is 5.69 Å². The summed E-state index contributed by atoms with van der Waals surface area (Å²) in [7, 11) is 1.85. The number of carbonyl (C=O) groups is 2. The van der Waals surface area contributed by atoms with Gasteiger partial charge in [-0.15, -0.1) is 0 Å². The highest BCUT2D eigenvalue weighted by Gasteiger charge is 2.35. The van der Waals surface area contributed by atoms with E-state index in [-0.39, 0.29) is 23.3 Å². The molecule has 0 atom stereocenters. The molecule has 0 spiro atoms. The van der Waals surface area contributed by atoms with E-state index in [0.29, 0.717) is 24.7 Å². The number of carbonyl (C=O) groups excluding carboxylic acids is 2. The molecule has 0 N–H and O–H groups in total. The third kappa shape index (κ3) is 4.29. The fourth-order valence-electron chi connectivity index (χ4n) is 3.98. The molecule has 0 unspecified atom stereocenters. The highest BCUT2D eigenvalue weighted by molar-refractivity contribution is 5.92. The van der Waals surface area contributed by atoms with Crippen LogP contribution in [0.4, 0.5) is 0 Å². The van der Waals surface area contributed by atoms with Gasteiger partial charge < -0.3 is 14.5 Å². The monoisotopic (exact) mass is 374 g/mol. The number of hydrogen-bond donors (Lipinski definition) is 0. The van der Waals surface area contributed by atoms with Gasteiger partial charge in [-0.3, -0.25) is 9.59 Å². The third-order valence-electron chi connectivity index (χ3n) is 6.05. The lowest BCUT2D eigenvalue weighted by molar-refractivity contribution is -0.130. The summed E-state index contributed by atoms with van der Waals surface area (Å²) in [5.74, 6) is 0.676. The van der Waals surface area contributed by atoms with Gasteiger partial charge in [0.1, 0.15) is 11.5 Å². The van der Waals surface area contributed by atoms with Crippen LogP contribution >= 0.6 is 0 Å². The number of piperidine rings is 1. The Hall–Kier alpha value is -2.02. The summed E-state index contributed by atoms with van der Waals surface area (Å²) < 4.78 is 5.40. The van der Waals surface area contributed by atoms with Gasteiger partial charge in [-0.1, -0.05) is 6.92 Å². The molecule has 1 aromatic rings. The fourth-order valence-corrected chi connectivity index (χ4v) is 3.98. The summed E-state index contributed by atoms with van der Waals surface area (Å²) in [4.78, 5) is 37.4. The van der Waals surface area contributed by atoms with E-state index in [1.807, 2.05) is 24.9 Å². The molecule has 0 aromatic carbocycles. The van der Waals surface area contributed by atoms with Crippen LogP contribution < -0.4 is 0 Å². The first-order valence-corrected chi connectivity index (χ1v) is 9.77. The highest BCUT2D eigenvalue weighted by atomic mass is 16.5. The molecular weight excluding hydrogens is 344 g/mol. The van der Waals surface area contributed by atoms with Gasteiger partial charge >= 0.3 is 0 Å². The number of likely N-dealkylation sites (tertiary alicyclic amines) is 1. The molecule has 0 bridgehead atoms. The molecule has 2 aliphatic rings. The second-order valence-corrected chi connectivity index (χ2v) is 8.01. The van der Waals surface area contributed by atoms with E-state index in [1.165, 1.54) is 0 Å². The van der Waals surface area contributed by atoms with E-state index in [2.05, 4.69) is 16.9 Å². The van der Waals surface area contributed by atoms with E-state index in [9.17, 15) is 9.59 Å². The average Bonchev–Trinajstić information content (AvgIpc) is 2.67. The summed E-state index contributed by atoms with van der Waals surface area (Å²) in [5, 5.41) is 0. The molecule has 0 radical (unpaired) electrons. The smallest absolute Gasteiger partial charge is 0.272 e. The zero-order valence-electron chi connectivity index (χ0n) is 16.8. The van der Waals surface area contributed by atoms with Crippen molar-refractivity contribution in [2.24, 2.45) is 0 Å². The lowest BCUT2D eigenvalue weighted by Crippen LogP contribution is -2.44. The topological polar surface area (TPSA) is 75.6 Å². The Morgan fingerprint density at radius 2 is 1.85 bits per heavy atom. The quantitative estimate of drug-likeness (QED) is 0.808. The third-order valence-corrected chi connectivity index (χ3v) is 6.05. The number of aryl methyl sites for hydroxylation is 1. The minimum atomic E-state index is -0.147. The summed E-state index contributed by atoms with van der Waals surface area (Å²) in [5.41, 5.74) is 1.22. The maximum absolute atomic E-state index is 13.0. The first kappa shape index (κ1) is 19.7. The highest BCUT2D eigenvalue weighted by Crippen LogP contribution is 2.34. The van der Waals surface area contributed by atoms with Crippen molar-refractivity contribution < 1.29 is 14.3 Å². The minimum absolute atomic E-state index is 0.0570. The Morgan fingerprint density at radius 1 is 1.22 bits per heavy atom. The van der Waals surface area contributed by atoms with Crippen LogP contribution in [0.3, 0.4) is 0 Å². The summed E-state index contributed by atoms with van der Waals surface area (Å²) in [6, 6.07) is 2.05. The number of aromatic nitrogens is 2. The second-order valence-electron chi connectivity index (χ2n) is 8.01. The number of rotatable bonds is 3. The van der Waals surface area contributed by atoms with Crippen molar-refractivity contribution in [3.8, 4) is 0 Å². The summed E-state index contributed by atoms with van der Waals surface area (Å²) in [6.07, 6.45) is 3.40. The van der Waals surface area contributed by atoms with Crippen molar-refractivity contribution in [2.75, 3.05) is 33.4 Å². The van der Waals surface area contributed by atoms with Gasteiger partial charge in [0.15, 0.2) is 0 Å². The molecular formula is C20H30N4O3. The predicted octanol–water partition coefficient (Wildman–Crippen LogP) is 1.94. The van der Waals surface area contributed by atoms with E-state index in [4.69, 9.17) is 4.74 Å². The van der Waals surface area contributed by atoms with Crippen LogP contribution in [0.2, 0.25) is 0 Å². The average molecular weight is 374 g/mol. The molecule has 2 amide bonds. The van der Waals surface area contributed by atoms with Gasteiger partial charge in [-0.05, 0) is 38.7 Å². The van der Waals surface area contributed by atoms with Crippen molar-refractivity contribution in [3.05, 3.63) is 23.3 Å². The van der Waals surface area contributed by atoms with Gasteiger partial charge in [-0.2, -0.15) is 0 Å². The molecule has 7 nitrogen and oxygen atoms in total. The Morgan fingerprint density at radius 3 is 2.44 bits per heavy atom. The summed E-state index contributed by atoms with van der Waals surface area (Å²) >= 11 is 0. The van der Waals surface area contributed by atoms with Crippen molar-refractivity contribution in [2.45, 2.75) is 57.9 Å². The van der Waals surface area contributed by atoms with Crippen molar-refractivity contribution in [3.63, 3.8) is 0 Å².